The predicted octanol–water partition coefficient (Wildman–Crippen LogP) is 3.36. The van der Waals surface area contributed by atoms with E-state index in [2.05, 4.69) is 10.3 Å². The van der Waals surface area contributed by atoms with Gasteiger partial charge in [0.1, 0.15) is 11.4 Å². The Morgan fingerprint density at radius 3 is 2.64 bits per heavy atom. The number of hydrogen-bond donors (Lipinski definition) is 0. The largest absolute Gasteiger partial charge is 0.494 e. The van der Waals surface area contributed by atoms with Crippen molar-refractivity contribution in [3.8, 4) is 17.0 Å². The normalized spacial score (nSPS) is 14.0. The third kappa shape index (κ3) is 3.91. The lowest BCUT2D eigenvalue weighted by Crippen LogP contribution is -2.51. The molecule has 1 fully saturated rings. The van der Waals surface area contributed by atoms with Crippen molar-refractivity contribution in [1.82, 2.24) is 19.9 Å². The Labute approximate surface area is 164 Å². The van der Waals surface area contributed by atoms with Gasteiger partial charge >= 0.3 is 0 Å². The summed E-state index contributed by atoms with van der Waals surface area (Å²) in [6.07, 6.45) is 3.14. The zero-order valence-corrected chi connectivity index (χ0v) is 16.0. The maximum Gasteiger partial charge on any atom is 0.223 e. The summed E-state index contributed by atoms with van der Waals surface area (Å²) in [7, 11) is 0. The number of ether oxygens (including phenoxy) is 1. The molecule has 0 spiro atoms. The molecule has 1 saturated heterocycles. The van der Waals surface area contributed by atoms with Gasteiger partial charge in [-0.1, -0.05) is 53.7 Å². The second kappa shape index (κ2) is 8.25. The third-order valence-corrected chi connectivity index (χ3v) is 5.05. The first kappa shape index (κ1) is 18.2. The molecule has 3 aromatic rings. The Balaban J connectivity index is 1.30. The van der Waals surface area contributed by atoms with Crippen LogP contribution >= 0.6 is 0 Å². The third-order valence-electron chi connectivity index (χ3n) is 5.05. The molecule has 0 atom stereocenters. The van der Waals surface area contributed by atoms with E-state index < -0.39 is 0 Å². The van der Waals surface area contributed by atoms with Crippen LogP contribution < -0.4 is 4.74 Å². The fourth-order valence-electron chi connectivity index (χ4n) is 3.43. The van der Waals surface area contributed by atoms with Crippen molar-refractivity contribution >= 4 is 5.91 Å². The van der Waals surface area contributed by atoms with E-state index in [-0.39, 0.29) is 11.9 Å². The van der Waals surface area contributed by atoms with E-state index >= 15 is 0 Å². The number of rotatable bonds is 7. The molecule has 0 unspecified atom stereocenters. The molecule has 0 N–H and O–H groups in total. The van der Waals surface area contributed by atoms with Crippen molar-refractivity contribution in [3.63, 3.8) is 0 Å². The molecule has 1 aromatic heterocycles. The van der Waals surface area contributed by atoms with Crippen LogP contribution in [0.5, 0.6) is 5.75 Å². The summed E-state index contributed by atoms with van der Waals surface area (Å²) in [6.45, 7) is 3.96. The van der Waals surface area contributed by atoms with Crippen molar-refractivity contribution in [2.75, 3.05) is 19.7 Å². The number of likely N-dealkylation sites (tertiary alicyclic amines) is 1. The maximum atomic E-state index is 12.5. The minimum atomic E-state index is 0.172. The molecule has 1 aliphatic rings. The van der Waals surface area contributed by atoms with Gasteiger partial charge in [0.25, 0.3) is 0 Å². The van der Waals surface area contributed by atoms with Gasteiger partial charge in [-0.05, 0) is 25.0 Å². The first-order valence-electron chi connectivity index (χ1n) is 9.70. The van der Waals surface area contributed by atoms with Crippen molar-refractivity contribution in [1.29, 1.82) is 0 Å². The van der Waals surface area contributed by atoms with Crippen LogP contribution in [0.3, 0.4) is 0 Å². The molecular weight excluding hydrogens is 352 g/mol. The molecule has 0 radical (unpaired) electrons. The Morgan fingerprint density at radius 2 is 1.86 bits per heavy atom. The SMILES string of the molecule is CCOc1ccccc1CCC(=O)N1CC(n2cc(-c3ccccc3)nn2)C1. The van der Waals surface area contributed by atoms with Crippen LogP contribution in [0.2, 0.25) is 0 Å². The lowest BCUT2D eigenvalue weighted by molar-refractivity contribution is -0.137. The number of para-hydroxylation sites is 1. The Morgan fingerprint density at radius 1 is 1.11 bits per heavy atom. The summed E-state index contributed by atoms with van der Waals surface area (Å²) in [5, 5.41) is 8.50. The minimum absolute atomic E-state index is 0.172. The van der Waals surface area contributed by atoms with E-state index in [0.29, 0.717) is 32.5 Å². The van der Waals surface area contributed by atoms with Gasteiger partial charge in [-0.15, -0.1) is 5.10 Å². The quantitative estimate of drug-likeness (QED) is 0.634. The molecule has 6 nitrogen and oxygen atoms in total. The number of aryl methyl sites for hydroxylation is 1. The summed E-state index contributed by atoms with van der Waals surface area (Å²) in [4.78, 5) is 14.4. The molecule has 2 aromatic carbocycles. The molecule has 0 saturated carbocycles. The highest BCUT2D eigenvalue weighted by Gasteiger charge is 2.32. The highest BCUT2D eigenvalue weighted by molar-refractivity contribution is 5.77. The van der Waals surface area contributed by atoms with E-state index in [9.17, 15) is 4.79 Å². The summed E-state index contributed by atoms with van der Waals surface area (Å²) in [6, 6.07) is 18.1. The number of amides is 1. The van der Waals surface area contributed by atoms with Gasteiger partial charge in [0.2, 0.25) is 5.91 Å². The van der Waals surface area contributed by atoms with Gasteiger partial charge in [-0.25, -0.2) is 4.68 Å². The van der Waals surface area contributed by atoms with Gasteiger partial charge in [0.05, 0.1) is 18.8 Å². The topological polar surface area (TPSA) is 60.2 Å². The van der Waals surface area contributed by atoms with Crippen LogP contribution in [0.4, 0.5) is 0 Å². The second-order valence-electron chi connectivity index (χ2n) is 6.94. The van der Waals surface area contributed by atoms with Gasteiger partial charge in [0, 0.05) is 25.1 Å². The number of nitrogens with zero attached hydrogens (tertiary/aromatic N) is 4. The minimum Gasteiger partial charge on any atom is -0.494 e. The van der Waals surface area contributed by atoms with Crippen molar-refractivity contribution in [3.05, 3.63) is 66.4 Å². The average Bonchev–Trinajstić information content (AvgIpc) is 3.17. The number of carbonyl (C=O) groups is 1. The molecular formula is C22H24N4O2. The summed E-state index contributed by atoms with van der Waals surface area (Å²) < 4.78 is 7.51. The molecule has 1 amide bonds. The number of carbonyl (C=O) groups excluding carboxylic acids is 1. The molecule has 4 rings (SSSR count). The van der Waals surface area contributed by atoms with Crippen LogP contribution in [0.1, 0.15) is 24.9 Å². The van der Waals surface area contributed by atoms with Gasteiger partial charge < -0.3 is 9.64 Å². The fourth-order valence-corrected chi connectivity index (χ4v) is 3.43. The molecule has 6 heteroatoms. The lowest BCUT2D eigenvalue weighted by Gasteiger charge is -2.39. The first-order chi connectivity index (χ1) is 13.7. The van der Waals surface area contributed by atoms with E-state index in [1.165, 1.54) is 0 Å². The van der Waals surface area contributed by atoms with E-state index in [1.807, 2.05) is 77.3 Å². The zero-order chi connectivity index (χ0) is 19.3. The molecule has 2 heterocycles. The number of hydrogen-bond acceptors (Lipinski definition) is 4. The van der Waals surface area contributed by atoms with Gasteiger partial charge in [-0.2, -0.15) is 0 Å². The maximum absolute atomic E-state index is 12.5. The highest BCUT2D eigenvalue weighted by Crippen LogP contribution is 2.25. The van der Waals surface area contributed by atoms with Crippen molar-refractivity contribution < 1.29 is 9.53 Å². The monoisotopic (exact) mass is 376 g/mol. The van der Waals surface area contributed by atoms with Crippen molar-refractivity contribution in [2.24, 2.45) is 0 Å². The van der Waals surface area contributed by atoms with Gasteiger partial charge in [-0.3, -0.25) is 4.79 Å². The first-order valence-corrected chi connectivity index (χ1v) is 9.70. The summed E-state index contributed by atoms with van der Waals surface area (Å²) in [5.41, 5.74) is 2.99. The van der Waals surface area contributed by atoms with Crippen molar-refractivity contribution in [2.45, 2.75) is 25.8 Å². The number of benzene rings is 2. The van der Waals surface area contributed by atoms with Crippen LogP contribution in [-0.2, 0) is 11.2 Å². The highest BCUT2D eigenvalue weighted by atomic mass is 16.5. The fraction of sp³-hybridized carbons (Fsp3) is 0.318. The van der Waals surface area contributed by atoms with Crippen LogP contribution in [0.15, 0.2) is 60.8 Å². The average molecular weight is 376 g/mol. The zero-order valence-electron chi connectivity index (χ0n) is 16.0. The van der Waals surface area contributed by atoms with Crippen LogP contribution in [-0.4, -0.2) is 45.5 Å². The van der Waals surface area contributed by atoms with Crippen LogP contribution in [0.25, 0.3) is 11.3 Å². The number of aromatic nitrogens is 3. The van der Waals surface area contributed by atoms with E-state index in [1.54, 1.807) is 0 Å². The van der Waals surface area contributed by atoms with E-state index in [4.69, 9.17) is 4.74 Å². The molecule has 28 heavy (non-hydrogen) atoms. The lowest BCUT2D eigenvalue weighted by atomic mass is 10.0. The summed E-state index contributed by atoms with van der Waals surface area (Å²) >= 11 is 0. The predicted molar refractivity (Wildman–Crippen MR) is 107 cm³/mol. The summed E-state index contributed by atoms with van der Waals surface area (Å²) in [5.74, 6) is 1.04. The second-order valence-corrected chi connectivity index (χ2v) is 6.94. The molecule has 1 aliphatic heterocycles. The van der Waals surface area contributed by atoms with Gasteiger partial charge in [0.15, 0.2) is 0 Å². The molecule has 0 aliphatic carbocycles. The van der Waals surface area contributed by atoms with Crippen LogP contribution in [0, 0.1) is 0 Å². The molecule has 0 bridgehead atoms. The standard InChI is InChI=1S/C22H24N4O2/c1-2-28-21-11-7-6-10-18(21)12-13-22(27)25-14-19(15-25)26-16-20(23-24-26)17-8-4-3-5-9-17/h3-11,16,19H,2,12-15H2,1H3. The Bertz CT molecular complexity index is 932. The van der Waals surface area contributed by atoms with E-state index in [0.717, 1.165) is 22.6 Å². The Kier molecular flexibility index (Phi) is 5.37. The smallest absolute Gasteiger partial charge is 0.223 e. The Hall–Kier alpha value is -3.15. The molecule has 144 valence electrons.